The molecule has 2 N–H and O–H groups in total. The third kappa shape index (κ3) is 6.33. The van der Waals surface area contributed by atoms with Crippen LogP contribution in [0.5, 0.6) is 0 Å². The zero-order valence-corrected chi connectivity index (χ0v) is 13.8. The van der Waals surface area contributed by atoms with Crippen LogP contribution in [0, 0.1) is 6.92 Å². The van der Waals surface area contributed by atoms with E-state index in [9.17, 15) is 8.42 Å². The van der Waals surface area contributed by atoms with Gasteiger partial charge in [0.1, 0.15) is 0 Å². The normalized spacial score (nSPS) is 12.4. The molecule has 0 radical (unpaired) electrons. The summed E-state index contributed by atoms with van der Waals surface area (Å²) >= 11 is 1.64. The summed E-state index contributed by atoms with van der Waals surface area (Å²) in [6.45, 7) is 4.71. The van der Waals surface area contributed by atoms with E-state index in [0.717, 1.165) is 17.1 Å². The Balaban J connectivity index is 2.27. The second-order valence-corrected chi connectivity index (χ2v) is 7.80. The Morgan fingerprint density at radius 3 is 2.65 bits per heavy atom. The third-order valence-corrected chi connectivity index (χ3v) is 5.24. The van der Waals surface area contributed by atoms with Gasteiger partial charge in [0.25, 0.3) is 0 Å². The molecule has 0 aliphatic rings. The zero-order chi connectivity index (χ0) is 15.0. The molecule has 1 aromatic rings. The Morgan fingerprint density at radius 2 is 2.10 bits per heavy atom. The van der Waals surface area contributed by atoms with Gasteiger partial charge in [0, 0.05) is 37.7 Å². The SMILES string of the molecule is CCS(=O)(=O)CCNC(=NC)NCCc1csc(C)n1. The predicted molar refractivity (Wildman–Crippen MR) is 84.2 cm³/mol. The number of rotatable bonds is 7. The number of aryl methyl sites for hydroxylation is 1. The van der Waals surface area contributed by atoms with Crippen molar-refractivity contribution in [1.29, 1.82) is 0 Å². The molecule has 0 aromatic carbocycles. The molecule has 1 aromatic heterocycles. The summed E-state index contributed by atoms with van der Waals surface area (Å²) in [7, 11) is -1.27. The highest BCUT2D eigenvalue weighted by molar-refractivity contribution is 7.91. The molecule has 0 aliphatic heterocycles. The first-order valence-corrected chi connectivity index (χ1v) is 9.23. The van der Waals surface area contributed by atoms with E-state index in [1.807, 2.05) is 12.3 Å². The molecule has 20 heavy (non-hydrogen) atoms. The van der Waals surface area contributed by atoms with Crippen molar-refractivity contribution in [3.63, 3.8) is 0 Å². The van der Waals surface area contributed by atoms with Crippen LogP contribution in [0.25, 0.3) is 0 Å². The number of nitrogens with one attached hydrogen (secondary N) is 2. The lowest BCUT2D eigenvalue weighted by molar-refractivity contribution is 0.595. The fourth-order valence-corrected chi connectivity index (χ4v) is 2.87. The Kier molecular flexibility index (Phi) is 6.94. The largest absolute Gasteiger partial charge is 0.356 e. The number of hydrogen-bond donors (Lipinski definition) is 2. The minimum Gasteiger partial charge on any atom is -0.356 e. The average molecular weight is 318 g/mol. The second kappa shape index (κ2) is 8.21. The van der Waals surface area contributed by atoms with E-state index < -0.39 is 9.84 Å². The fourth-order valence-electron chi connectivity index (χ4n) is 1.52. The minimum absolute atomic E-state index is 0.121. The molecule has 0 saturated heterocycles. The van der Waals surface area contributed by atoms with E-state index in [-0.39, 0.29) is 11.5 Å². The zero-order valence-electron chi connectivity index (χ0n) is 12.1. The number of sulfone groups is 1. The Morgan fingerprint density at radius 1 is 1.40 bits per heavy atom. The molecule has 0 unspecified atom stereocenters. The first kappa shape index (κ1) is 16.9. The maximum absolute atomic E-state index is 11.4. The van der Waals surface area contributed by atoms with Gasteiger partial charge in [-0.05, 0) is 6.92 Å². The molecule has 0 bridgehead atoms. The molecule has 6 nitrogen and oxygen atoms in total. The molecular formula is C12H22N4O2S2. The van der Waals surface area contributed by atoms with Crippen molar-refractivity contribution in [3.05, 3.63) is 16.1 Å². The summed E-state index contributed by atoms with van der Waals surface area (Å²) in [5, 5.41) is 9.24. The van der Waals surface area contributed by atoms with Crippen molar-refractivity contribution in [2.45, 2.75) is 20.3 Å². The summed E-state index contributed by atoms with van der Waals surface area (Å²) in [6, 6.07) is 0. The van der Waals surface area contributed by atoms with E-state index >= 15 is 0 Å². The fraction of sp³-hybridized carbons (Fsp3) is 0.667. The quantitative estimate of drug-likeness (QED) is 0.568. The van der Waals surface area contributed by atoms with E-state index in [2.05, 4.69) is 20.6 Å². The van der Waals surface area contributed by atoms with Gasteiger partial charge in [-0.3, -0.25) is 4.99 Å². The van der Waals surface area contributed by atoms with Gasteiger partial charge < -0.3 is 10.6 Å². The van der Waals surface area contributed by atoms with E-state index in [1.165, 1.54) is 0 Å². The van der Waals surface area contributed by atoms with Crippen molar-refractivity contribution in [2.75, 3.05) is 31.6 Å². The number of nitrogens with zero attached hydrogens (tertiary/aromatic N) is 2. The topological polar surface area (TPSA) is 83.5 Å². The van der Waals surface area contributed by atoms with Gasteiger partial charge in [-0.15, -0.1) is 11.3 Å². The molecule has 1 heterocycles. The monoisotopic (exact) mass is 318 g/mol. The summed E-state index contributed by atoms with van der Waals surface area (Å²) in [5.41, 5.74) is 1.06. The number of aliphatic imine (C=N–C) groups is 1. The van der Waals surface area contributed by atoms with Gasteiger partial charge in [-0.2, -0.15) is 0 Å². The van der Waals surface area contributed by atoms with Crippen LogP contribution in [0.1, 0.15) is 17.6 Å². The van der Waals surface area contributed by atoms with Crippen molar-refractivity contribution in [3.8, 4) is 0 Å². The van der Waals surface area contributed by atoms with Gasteiger partial charge in [-0.1, -0.05) is 6.92 Å². The maximum Gasteiger partial charge on any atom is 0.191 e. The maximum atomic E-state index is 11.4. The smallest absolute Gasteiger partial charge is 0.191 e. The Labute approximate surface area is 124 Å². The first-order chi connectivity index (χ1) is 9.46. The standard InChI is InChI=1S/C12H22N4O2S2/c1-4-20(17,18)8-7-15-12(13-3)14-6-5-11-9-19-10(2)16-11/h9H,4-8H2,1-3H3,(H2,13,14,15). The van der Waals surface area contributed by atoms with E-state index in [0.29, 0.717) is 19.0 Å². The Hall–Kier alpha value is -1.15. The first-order valence-electron chi connectivity index (χ1n) is 6.52. The van der Waals surface area contributed by atoms with Gasteiger partial charge >= 0.3 is 0 Å². The average Bonchev–Trinajstić information content (AvgIpc) is 2.82. The summed E-state index contributed by atoms with van der Waals surface area (Å²) in [4.78, 5) is 8.43. The number of guanidine groups is 1. The van der Waals surface area contributed by atoms with Crippen LogP contribution >= 0.6 is 11.3 Å². The van der Waals surface area contributed by atoms with E-state index in [1.54, 1.807) is 25.3 Å². The van der Waals surface area contributed by atoms with Crippen LogP contribution in [-0.2, 0) is 16.3 Å². The van der Waals surface area contributed by atoms with Gasteiger partial charge in [0.05, 0.1) is 16.5 Å². The molecule has 114 valence electrons. The summed E-state index contributed by atoms with van der Waals surface area (Å²) < 4.78 is 22.7. The lowest BCUT2D eigenvalue weighted by Crippen LogP contribution is -2.40. The third-order valence-electron chi connectivity index (χ3n) is 2.71. The highest BCUT2D eigenvalue weighted by atomic mass is 32.2. The summed E-state index contributed by atoms with van der Waals surface area (Å²) in [5.74, 6) is 0.905. The lowest BCUT2D eigenvalue weighted by Gasteiger charge is -2.11. The highest BCUT2D eigenvalue weighted by Gasteiger charge is 2.07. The van der Waals surface area contributed by atoms with Gasteiger partial charge in [0.15, 0.2) is 15.8 Å². The minimum atomic E-state index is -2.94. The van der Waals surface area contributed by atoms with Crippen LogP contribution in [-0.4, -0.2) is 51.0 Å². The lowest BCUT2D eigenvalue weighted by atomic mass is 10.3. The van der Waals surface area contributed by atoms with Gasteiger partial charge in [-0.25, -0.2) is 13.4 Å². The van der Waals surface area contributed by atoms with Crippen LogP contribution in [0.4, 0.5) is 0 Å². The second-order valence-electron chi connectivity index (χ2n) is 4.27. The van der Waals surface area contributed by atoms with Crippen LogP contribution in [0.15, 0.2) is 10.4 Å². The molecule has 0 fully saturated rings. The number of aromatic nitrogens is 1. The molecule has 8 heteroatoms. The van der Waals surface area contributed by atoms with Crippen molar-refractivity contribution < 1.29 is 8.42 Å². The molecule has 0 spiro atoms. The number of hydrogen-bond acceptors (Lipinski definition) is 5. The van der Waals surface area contributed by atoms with Crippen molar-refractivity contribution in [2.24, 2.45) is 4.99 Å². The van der Waals surface area contributed by atoms with Crippen LogP contribution in [0.2, 0.25) is 0 Å². The van der Waals surface area contributed by atoms with Crippen molar-refractivity contribution >= 4 is 27.1 Å². The van der Waals surface area contributed by atoms with Crippen LogP contribution < -0.4 is 10.6 Å². The predicted octanol–water partition coefficient (Wildman–Crippen LogP) is 0.594. The summed E-state index contributed by atoms with van der Waals surface area (Å²) in [6.07, 6.45) is 0.818. The Bertz CT molecular complexity index is 537. The molecule has 0 amide bonds. The van der Waals surface area contributed by atoms with Crippen molar-refractivity contribution in [1.82, 2.24) is 15.6 Å². The molecule has 0 aliphatic carbocycles. The van der Waals surface area contributed by atoms with Crippen LogP contribution in [0.3, 0.4) is 0 Å². The van der Waals surface area contributed by atoms with E-state index in [4.69, 9.17) is 0 Å². The van der Waals surface area contributed by atoms with Gasteiger partial charge in [0.2, 0.25) is 0 Å². The molecule has 0 saturated carbocycles. The molecule has 0 atom stereocenters. The highest BCUT2D eigenvalue weighted by Crippen LogP contribution is 2.07. The number of thiazole rings is 1. The molecular weight excluding hydrogens is 296 g/mol. The molecule has 1 rings (SSSR count).